The second-order valence-electron chi connectivity index (χ2n) is 6.39. The van der Waals surface area contributed by atoms with Crippen LogP contribution in [0.5, 0.6) is 0 Å². The fourth-order valence-corrected chi connectivity index (χ4v) is 2.84. The number of nitrogens with one attached hydrogen (secondary N) is 1. The average Bonchev–Trinajstić information content (AvgIpc) is 3.17. The smallest absolute Gasteiger partial charge is 0.435 e. The monoisotopic (exact) mass is 355 g/mol. The number of nitrogens with zero attached hydrogens (tertiary/aromatic N) is 2. The molecule has 0 aliphatic heterocycles. The van der Waals surface area contributed by atoms with Gasteiger partial charge in [0, 0.05) is 24.7 Å². The summed E-state index contributed by atoms with van der Waals surface area (Å²) in [4.78, 5) is 12.1. The molecule has 0 bridgehead atoms. The molecular formula is C17H20F3N3O2. The summed E-state index contributed by atoms with van der Waals surface area (Å²) in [6.45, 7) is 4.17. The van der Waals surface area contributed by atoms with Crippen LogP contribution < -0.4 is 5.32 Å². The number of aryl methyl sites for hydroxylation is 3. The molecule has 0 saturated heterocycles. The van der Waals surface area contributed by atoms with Crippen LogP contribution in [0.3, 0.4) is 0 Å². The topological polar surface area (TPSA) is 60.1 Å². The van der Waals surface area contributed by atoms with Crippen molar-refractivity contribution in [2.75, 3.05) is 6.54 Å². The van der Waals surface area contributed by atoms with E-state index in [1.54, 1.807) is 19.9 Å². The average molecular weight is 355 g/mol. The van der Waals surface area contributed by atoms with Gasteiger partial charge in [-0.2, -0.15) is 18.3 Å². The van der Waals surface area contributed by atoms with Gasteiger partial charge in [0.1, 0.15) is 11.5 Å². The van der Waals surface area contributed by atoms with Crippen molar-refractivity contribution < 1.29 is 22.4 Å². The summed E-state index contributed by atoms with van der Waals surface area (Å²) in [6, 6.07) is 2.81. The Balaban J connectivity index is 1.56. The first-order valence-corrected chi connectivity index (χ1v) is 8.26. The highest BCUT2D eigenvalue weighted by molar-refractivity contribution is 5.95. The number of aromatic nitrogens is 2. The molecule has 25 heavy (non-hydrogen) atoms. The number of alkyl halides is 3. The summed E-state index contributed by atoms with van der Waals surface area (Å²) in [6.07, 6.45) is -2.13. The molecule has 8 heteroatoms. The maximum absolute atomic E-state index is 12.8. The number of halogens is 3. The fourth-order valence-electron chi connectivity index (χ4n) is 2.84. The van der Waals surface area contributed by atoms with Gasteiger partial charge in [-0.15, -0.1) is 0 Å². The van der Waals surface area contributed by atoms with E-state index in [-0.39, 0.29) is 11.8 Å². The highest BCUT2D eigenvalue weighted by Crippen LogP contribution is 2.42. The SMILES string of the molecule is Cc1cc(C(=O)NCCCn2nc(C(F)(F)F)cc2C2CC2)c(C)o1. The zero-order chi connectivity index (χ0) is 18.2. The summed E-state index contributed by atoms with van der Waals surface area (Å²) in [7, 11) is 0. The largest absolute Gasteiger partial charge is 0.466 e. The molecule has 0 unspecified atom stereocenters. The standard InChI is InChI=1S/C17H20F3N3O2/c1-10-8-13(11(2)25-10)16(24)21-6-3-7-23-14(12-4-5-12)9-15(22-23)17(18,19)20/h8-9,12H,3-7H2,1-2H3,(H,21,24). The van der Waals surface area contributed by atoms with Crippen LogP contribution >= 0.6 is 0 Å². The molecule has 2 aromatic rings. The Kier molecular flexibility index (Phi) is 4.62. The highest BCUT2D eigenvalue weighted by Gasteiger charge is 2.37. The summed E-state index contributed by atoms with van der Waals surface area (Å²) in [5.74, 6) is 1.14. The molecule has 0 radical (unpaired) electrons. The van der Waals surface area contributed by atoms with Crippen molar-refractivity contribution in [1.82, 2.24) is 15.1 Å². The minimum Gasteiger partial charge on any atom is -0.466 e. The van der Waals surface area contributed by atoms with Crippen molar-refractivity contribution in [3.8, 4) is 0 Å². The third-order valence-corrected chi connectivity index (χ3v) is 4.22. The van der Waals surface area contributed by atoms with Crippen LogP contribution in [0.25, 0.3) is 0 Å². The van der Waals surface area contributed by atoms with E-state index >= 15 is 0 Å². The lowest BCUT2D eigenvalue weighted by atomic mass is 10.2. The zero-order valence-electron chi connectivity index (χ0n) is 14.1. The first-order valence-electron chi connectivity index (χ1n) is 8.26. The molecule has 136 valence electrons. The lowest BCUT2D eigenvalue weighted by molar-refractivity contribution is -0.141. The molecule has 1 N–H and O–H groups in total. The minimum atomic E-state index is -4.43. The lowest BCUT2D eigenvalue weighted by Crippen LogP contribution is -2.25. The van der Waals surface area contributed by atoms with Crippen molar-refractivity contribution in [2.45, 2.75) is 51.7 Å². The van der Waals surface area contributed by atoms with Gasteiger partial charge in [-0.25, -0.2) is 0 Å². The first kappa shape index (κ1) is 17.6. The van der Waals surface area contributed by atoms with Crippen LogP contribution in [-0.2, 0) is 12.7 Å². The fraction of sp³-hybridized carbons (Fsp3) is 0.529. The van der Waals surface area contributed by atoms with Gasteiger partial charge in [-0.05, 0) is 45.2 Å². The van der Waals surface area contributed by atoms with Crippen molar-refractivity contribution in [3.05, 3.63) is 40.6 Å². The number of hydrogen-bond acceptors (Lipinski definition) is 3. The van der Waals surface area contributed by atoms with Crippen molar-refractivity contribution in [1.29, 1.82) is 0 Å². The van der Waals surface area contributed by atoms with Gasteiger partial charge < -0.3 is 9.73 Å². The van der Waals surface area contributed by atoms with Crippen molar-refractivity contribution >= 4 is 5.91 Å². The number of furan rings is 1. The Bertz CT molecular complexity index is 773. The number of rotatable bonds is 6. The Morgan fingerprint density at radius 3 is 2.64 bits per heavy atom. The molecule has 3 rings (SSSR count). The van der Waals surface area contributed by atoms with Crippen molar-refractivity contribution in [3.63, 3.8) is 0 Å². The normalized spacial score (nSPS) is 14.8. The molecule has 1 aliphatic carbocycles. The van der Waals surface area contributed by atoms with Gasteiger partial charge in [-0.3, -0.25) is 9.48 Å². The molecule has 1 saturated carbocycles. The van der Waals surface area contributed by atoms with E-state index in [1.165, 1.54) is 4.68 Å². The van der Waals surface area contributed by atoms with Gasteiger partial charge in [0.2, 0.25) is 0 Å². The lowest BCUT2D eigenvalue weighted by Gasteiger charge is -2.08. The van der Waals surface area contributed by atoms with E-state index in [4.69, 9.17) is 4.42 Å². The van der Waals surface area contributed by atoms with E-state index in [9.17, 15) is 18.0 Å². The maximum atomic E-state index is 12.8. The van der Waals surface area contributed by atoms with E-state index < -0.39 is 11.9 Å². The Labute approximate surface area is 143 Å². The van der Waals surface area contributed by atoms with Gasteiger partial charge in [0.05, 0.1) is 5.56 Å². The molecule has 0 spiro atoms. The third-order valence-electron chi connectivity index (χ3n) is 4.22. The highest BCUT2D eigenvalue weighted by atomic mass is 19.4. The van der Waals surface area contributed by atoms with Gasteiger partial charge in [-0.1, -0.05) is 0 Å². The molecule has 1 amide bonds. The molecular weight excluding hydrogens is 335 g/mol. The molecule has 2 aromatic heterocycles. The van der Waals surface area contributed by atoms with Crippen LogP contribution in [0.4, 0.5) is 13.2 Å². The second kappa shape index (κ2) is 6.57. The van der Waals surface area contributed by atoms with Crippen LogP contribution in [0, 0.1) is 13.8 Å². The molecule has 1 fully saturated rings. The number of carbonyl (C=O) groups excluding carboxylic acids is 1. The predicted molar refractivity (Wildman–Crippen MR) is 84.3 cm³/mol. The summed E-state index contributed by atoms with van der Waals surface area (Å²) < 4.78 is 45.3. The van der Waals surface area contributed by atoms with Gasteiger partial charge in [0.15, 0.2) is 5.69 Å². The summed E-state index contributed by atoms with van der Waals surface area (Å²) in [5, 5.41) is 6.46. The molecule has 1 aliphatic rings. The second-order valence-corrected chi connectivity index (χ2v) is 6.39. The summed E-state index contributed by atoms with van der Waals surface area (Å²) in [5.41, 5.74) is 0.275. The van der Waals surface area contributed by atoms with Crippen LogP contribution in [0.2, 0.25) is 0 Å². The molecule has 0 aromatic carbocycles. The Morgan fingerprint density at radius 1 is 1.36 bits per heavy atom. The first-order chi connectivity index (χ1) is 11.8. The number of carbonyl (C=O) groups is 1. The van der Waals surface area contributed by atoms with Gasteiger partial charge >= 0.3 is 6.18 Å². The summed E-state index contributed by atoms with van der Waals surface area (Å²) >= 11 is 0. The van der Waals surface area contributed by atoms with Gasteiger partial charge in [0.25, 0.3) is 5.91 Å². The molecule has 0 atom stereocenters. The van der Waals surface area contributed by atoms with E-state index in [0.29, 0.717) is 42.3 Å². The quantitative estimate of drug-likeness (QED) is 0.802. The van der Waals surface area contributed by atoms with Crippen LogP contribution in [0.15, 0.2) is 16.5 Å². The Morgan fingerprint density at radius 2 is 2.08 bits per heavy atom. The Hall–Kier alpha value is -2.25. The zero-order valence-corrected chi connectivity index (χ0v) is 14.1. The van der Waals surface area contributed by atoms with E-state index in [1.807, 2.05) is 0 Å². The molecule has 5 nitrogen and oxygen atoms in total. The minimum absolute atomic E-state index is 0.176. The predicted octanol–water partition coefficient (Wildman–Crippen LogP) is 3.81. The number of amides is 1. The maximum Gasteiger partial charge on any atom is 0.435 e. The molecule has 2 heterocycles. The third kappa shape index (κ3) is 4.05. The van der Waals surface area contributed by atoms with E-state index in [2.05, 4.69) is 10.4 Å². The van der Waals surface area contributed by atoms with Crippen LogP contribution in [-0.4, -0.2) is 22.2 Å². The van der Waals surface area contributed by atoms with E-state index in [0.717, 1.165) is 18.9 Å². The van der Waals surface area contributed by atoms with Crippen LogP contribution in [0.1, 0.15) is 58.4 Å². The number of hydrogen-bond donors (Lipinski definition) is 1. The van der Waals surface area contributed by atoms with Crippen molar-refractivity contribution in [2.24, 2.45) is 0 Å².